The van der Waals surface area contributed by atoms with E-state index >= 15 is 0 Å². The molecule has 1 rings (SSSR count). The first kappa shape index (κ1) is 9.66. The highest BCUT2D eigenvalue weighted by Crippen LogP contribution is 2.07. The Labute approximate surface area is 78.9 Å². The highest BCUT2D eigenvalue weighted by molar-refractivity contribution is 6.28. The lowest BCUT2D eigenvalue weighted by molar-refractivity contribution is 0.0585. The molecule has 7 heteroatoms. The summed E-state index contributed by atoms with van der Waals surface area (Å²) in [5.74, 6) is -0.873. The third kappa shape index (κ3) is 2.25. The molecule has 0 atom stereocenters. The Morgan fingerprint density at radius 3 is 2.54 bits per heavy atom. The summed E-state index contributed by atoms with van der Waals surface area (Å²) in [4.78, 5) is 21.7. The minimum absolute atomic E-state index is 0.0274. The number of esters is 1. The topological polar surface area (TPSA) is 74.2 Å². The van der Waals surface area contributed by atoms with E-state index in [1.165, 1.54) is 14.2 Å². The van der Waals surface area contributed by atoms with Crippen molar-refractivity contribution in [2.24, 2.45) is 0 Å². The highest BCUT2D eigenvalue weighted by Gasteiger charge is 2.12. The molecule has 0 N–H and O–H groups in total. The Hall–Kier alpha value is -1.43. The number of methoxy groups -OCH3 is 2. The maximum atomic E-state index is 10.9. The predicted octanol–water partition coefficient (Wildman–Crippen LogP) is 0.320. The lowest BCUT2D eigenvalue weighted by Gasteiger charge is -2.00. The number of halogens is 1. The van der Waals surface area contributed by atoms with E-state index in [4.69, 9.17) is 11.6 Å². The van der Waals surface area contributed by atoms with E-state index in [1.807, 2.05) is 0 Å². The van der Waals surface area contributed by atoms with Gasteiger partial charge in [0.15, 0.2) is 0 Å². The summed E-state index contributed by atoms with van der Waals surface area (Å²) in [6.45, 7) is 0. The van der Waals surface area contributed by atoms with Gasteiger partial charge >= 0.3 is 12.0 Å². The third-order valence-electron chi connectivity index (χ3n) is 1.14. The van der Waals surface area contributed by atoms with Crippen LogP contribution in [0.5, 0.6) is 6.01 Å². The molecule has 0 bridgehead atoms. The van der Waals surface area contributed by atoms with Crippen LogP contribution in [0.3, 0.4) is 0 Å². The Kier molecular flexibility index (Phi) is 2.97. The van der Waals surface area contributed by atoms with E-state index in [-0.39, 0.29) is 17.1 Å². The van der Waals surface area contributed by atoms with Crippen LogP contribution in [0.2, 0.25) is 5.28 Å². The molecule has 70 valence electrons. The van der Waals surface area contributed by atoms with Crippen molar-refractivity contribution in [3.8, 4) is 6.01 Å². The number of hydrogen-bond donors (Lipinski definition) is 0. The summed E-state index contributed by atoms with van der Waals surface area (Å²) in [6.07, 6.45) is 0. The number of hydrogen-bond acceptors (Lipinski definition) is 6. The third-order valence-corrected chi connectivity index (χ3v) is 1.31. The lowest BCUT2D eigenvalue weighted by atomic mass is 10.6. The van der Waals surface area contributed by atoms with Gasteiger partial charge in [0, 0.05) is 0 Å². The van der Waals surface area contributed by atoms with Crippen LogP contribution < -0.4 is 4.74 Å². The molecule has 0 aliphatic heterocycles. The number of rotatable bonds is 2. The highest BCUT2D eigenvalue weighted by atomic mass is 35.5. The summed E-state index contributed by atoms with van der Waals surface area (Å²) in [5.41, 5.74) is 0. The summed E-state index contributed by atoms with van der Waals surface area (Å²) in [5, 5.41) is -0.118. The van der Waals surface area contributed by atoms with E-state index in [1.54, 1.807) is 0 Å². The normalized spacial score (nSPS) is 9.46. The molecule has 6 nitrogen and oxygen atoms in total. The maximum absolute atomic E-state index is 10.9. The van der Waals surface area contributed by atoms with E-state index in [9.17, 15) is 4.79 Å². The molecule has 0 aromatic carbocycles. The number of carbonyl (C=O) groups is 1. The quantitative estimate of drug-likeness (QED) is 0.645. The van der Waals surface area contributed by atoms with Crippen LogP contribution in [-0.2, 0) is 4.74 Å². The molecule has 0 spiro atoms. The van der Waals surface area contributed by atoms with Gasteiger partial charge in [0.05, 0.1) is 14.2 Å². The fraction of sp³-hybridized carbons (Fsp3) is 0.333. The second kappa shape index (κ2) is 3.99. The fourth-order valence-electron chi connectivity index (χ4n) is 0.606. The van der Waals surface area contributed by atoms with Gasteiger partial charge in [0.25, 0.3) is 0 Å². The van der Waals surface area contributed by atoms with Crippen molar-refractivity contribution in [1.82, 2.24) is 15.0 Å². The Balaban J connectivity index is 3.08. The van der Waals surface area contributed by atoms with E-state index in [0.717, 1.165) is 0 Å². The standard InChI is InChI=1S/C6H6ClN3O3/c1-12-4(11)3-8-5(7)10-6(9-3)13-2/h1-2H3. The average Bonchev–Trinajstić information content (AvgIpc) is 2.15. The summed E-state index contributed by atoms with van der Waals surface area (Å²) >= 11 is 5.48. The first-order chi connectivity index (χ1) is 6.17. The number of aromatic nitrogens is 3. The van der Waals surface area contributed by atoms with Crippen LogP contribution >= 0.6 is 11.6 Å². The van der Waals surface area contributed by atoms with Crippen LogP contribution in [0.4, 0.5) is 0 Å². The monoisotopic (exact) mass is 203 g/mol. The van der Waals surface area contributed by atoms with Crippen molar-refractivity contribution in [3.63, 3.8) is 0 Å². The van der Waals surface area contributed by atoms with E-state index < -0.39 is 5.97 Å². The van der Waals surface area contributed by atoms with Crippen LogP contribution in [0.15, 0.2) is 0 Å². The number of nitrogens with zero attached hydrogens (tertiary/aromatic N) is 3. The van der Waals surface area contributed by atoms with Gasteiger partial charge in [-0.3, -0.25) is 0 Å². The SMILES string of the molecule is COC(=O)c1nc(Cl)nc(OC)n1. The molecular formula is C6H6ClN3O3. The Morgan fingerprint density at radius 1 is 1.31 bits per heavy atom. The molecule has 0 unspecified atom stereocenters. The zero-order valence-electron chi connectivity index (χ0n) is 6.94. The molecule has 0 saturated heterocycles. The average molecular weight is 204 g/mol. The molecule has 1 heterocycles. The minimum atomic E-state index is -0.692. The van der Waals surface area contributed by atoms with Crippen LogP contribution in [0, 0.1) is 0 Å². The Morgan fingerprint density at radius 2 is 2.00 bits per heavy atom. The van der Waals surface area contributed by atoms with Gasteiger partial charge in [-0.05, 0) is 11.6 Å². The molecule has 1 aromatic rings. The molecule has 13 heavy (non-hydrogen) atoms. The zero-order chi connectivity index (χ0) is 9.84. The van der Waals surface area contributed by atoms with Gasteiger partial charge in [0.2, 0.25) is 11.1 Å². The predicted molar refractivity (Wildman–Crippen MR) is 42.7 cm³/mol. The van der Waals surface area contributed by atoms with E-state index in [0.29, 0.717) is 0 Å². The van der Waals surface area contributed by atoms with Crippen molar-refractivity contribution in [2.75, 3.05) is 14.2 Å². The van der Waals surface area contributed by atoms with Crippen molar-refractivity contribution in [2.45, 2.75) is 0 Å². The molecule has 0 aliphatic rings. The van der Waals surface area contributed by atoms with Gasteiger partial charge in [0.1, 0.15) is 0 Å². The summed E-state index contributed by atoms with van der Waals surface area (Å²) in [7, 11) is 2.57. The van der Waals surface area contributed by atoms with Crippen molar-refractivity contribution < 1.29 is 14.3 Å². The minimum Gasteiger partial charge on any atom is -0.467 e. The van der Waals surface area contributed by atoms with E-state index in [2.05, 4.69) is 24.4 Å². The number of carbonyl (C=O) groups excluding carboxylic acids is 1. The molecular weight excluding hydrogens is 198 g/mol. The molecule has 0 saturated carbocycles. The van der Waals surface area contributed by atoms with Crippen LogP contribution in [0.1, 0.15) is 10.6 Å². The van der Waals surface area contributed by atoms with Crippen LogP contribution in [0.25, 0.3) is 0 Å². The van der Waals surface area contributed by atoms with Gasteiger partial charge in [-0.15, -0.1) is 0 Å². The molecule has 0 amide bonds. The van der Waals surface area contributed by atoms with Gasteiger partial charge in [-0.1, -0.05) is 0 Å². The maximum Gasteiger partial charge on any atom is 0.376 e. The van der Waals surface area contributed by atoms with Gasteiger partial charge < -0.3 is 9.47 Å². The van der Waals surface area contributed by atoms with Crippen molar-refractivity contribution in [3.05, 3.63) is 11.1 Å². The lowest BCUT2D eigenvalue weighted by Crippen LogP contribution is -2.09. The van der Waals surface area contributed by atoms with Crippen LogP contribution in [-0.4, -0.2) is 35.1 Å². The second-order valence-electron chi connectivity index (χ2n) is 1.91. The first-order valence-electron chi connectivity index (χ1n) is 3.21. The smallest absolute Gasteiger partial charge is 0.376 e. The molecule has 0 radical (unpaired) electrons. The van der Waals surface area contributed by atoms with Crippen molar-refractivity contribution >= 4 is 17.6 Å². The molecule has 1 aromatic heterocycles. The molecule has 0 aliphatic carbocycles. The Bertz CT molecular complexity index is 331. The second-order valence-corrected chi connectivity index (χ2v) is 2.24. The zero-order valence-corrected chi connectivity index (χ0v) is 7.70. The van der Waals surface area contributed by atoms with Gasteiger partial charge in [-0.25, -0.2) is 4.79 Å². The van der Waals surface area contributed by atoms with Gasteiger partial charge in [-0.2, -0.15) is 15.0 Å². The summed E-state index contributed by atoms with van der Waals surface area (Å²) < 4.78 is 9.06. The largest absolute Gasteiger partial charge is 0.467 e. The van der Waals surface area contributed by atoms with Crippen molar-refractivity contribution in [1.29, 1.82) is 0 Å². The number of ether oxygens (including phenoxy) is 2. The fourth-order valence-corrected chi connectivity index (χ4v) is 0.758. The molecule has 0 fully saturated rings. The first-order valence-corrected chi connectivity index (χ1v) is 3.59. The summed E-state index contributed by atoms with van der Waals surface area (Å²) in [6, 6.07) is -0.0274.